The first kappa shape index (κ1) is 29.3. The van der Waals surface area contributed by atoms with E-state index in [2.05, 4.69) is 14.5 Å². The number of aromatic nitrogens is 2. The average Bonchev–Trinajstić information content (AvgIpc) is 3.25. The van der Waals surface area contributed by atoms with Crippen LogP contribution in [0.4, 0.5) is 0 Å². The van der Waals surface area contributed by atoms with E-state index in [4.69, 9.17) is 34.8 Å². The second-order valence-electron chi connectivity index (χ2n) is 9.52. The van der Waals surface area contributed by atoms with Crippen LogP contribution >= 0.6 is 34.8 Å². The van der Waals surface area contributed by atoms with Crippen molar-refractivity contribution >= 4 is 62.6 Å². The maximum atomic E-state index is 13.2. The van der Waals surface area contributed by atoms with Gasteiger partial charge in [0.25, 0.3) is 10.2 Å². The number of allylic oxidation sites excluding steroid dienone is 1. The van der Waals surface area contributed by atoms with E-state index in [0.29, 0.717) is 40.7 Å². The van der Waals surface area contributed by atoms with Gasteiger partial charge in [0.2, 0.25) is 0 Å². The molecule has 8 nitrogen and oxygen atoms in total. The molecule has 41 heavy (non-hydrogen) atoms. The Labute approximate surface area is 252 Å². The quantitative estimate of drug-likeness (QED) is 0.183. The maximum absolute atomic E-state index is 13.2. The van der Waals surface area contributed by atoms with Gasteiger partial charge in [-0.2, -0.15) is 23.0 Å². The van der Waals surface area contributed by atoms with E-state index in [1.54, 1.807) is 30.3 Å². The molecule has 0 spiro atoms. The fourth-order valence-corrected chi connectivity index (χ4v) is 6.50. The molecule has 5 rings (SSSR count). The van der Waals surface area contributed by atoms with Crippen molar-refractivity contribution in [3.8, 4) is 5.69 Å². The summed E-state index contributed by atoms with van der Waals surface area (Å²) in [5.41, 5.74) is 3.24. The number of nitrogens with one attached hydrogen (secondary N) is 2. The first-order valence-electron chi connectivity index (χ1n) is 12.7. The van der Waals surface area contributed by atoms with Crippen LogP contribution in [0.2, 0.25) is 15.1 Å². The topological polar surface area (TPSA) is 113 Å². The molecule has 0 amide bonds. The van der Waals surface area contributed by atoms with Gasteiger partial charge in [0.15, 0.2) is 5.69 Å². The third kappa shape index (κ3) is 6.83. The largest absolute Gasteiger partial charge is 0.476 e. The van der Waals surface area contributed by atoms with Crippen LogP contribution < -0.4 is 9.44 Å². The Balaban J connectivity index is 1.64. The molecule has 3 N–H and O–H groups in total. The minimum Gasteiger partial charge on any atom is -0.476 e. The Morgan fingerprint density at radius 3 is 2.41 bits per heavy atom. The van der Waals surface area contributed by atoms with E-state index in [1.165, 1.54) is 4.68 Å². The molecule has 0 radical (unpaired) electrons. The molecule has 3 aromatic carbocycles. The van der Waals surface area contributed by atoms with Gasteiger partial charge in [0.05, 0.1) is 22.4 Å². The van der Waals surface area contributed by atoms with Crippen LogP contribution in [-0.2, 0) is 16.8 Å². The SMILES string of the molecule is O=C(O)c1nn(-c2ccc(Cl)cc2Cl)c2c1C(NS(=O)(=O)NCc1ccccc1)CCC/C2=C\c1ccc(Cl)cc1. The van der Waals surface area contributed by atoms with E-state index in [9.17, 15) is 18.3 Å². The lowest BCUT2D eigenvalue weighted by molar-refractivity contribution is 0.0688. The van der Waals surface area contributed by atoms with Crippen LogP contribution in [0.5, 0.6) is 0 Å². The lowest BCUT2D eigenvalue weighted by atomic mass is 9.99. The van der Waals surface area contributed by atoms with Crippen molar-refractivity contribution in [1.29, 1.82) is 0 Å². The summed E-state index contributed by atoms with van der Waals surface area (Å²) in [5, 5.41) is 15.9. The standard InChI is InChI=1S/C29H25Cl3N4O4S/c30-21-11-9-18(10-12-21)15-20-7-4-8-24(35-41(39,40)33-17-19-5-2-1-3-6-19)26-27(29(37)38)34-36(28(20)26)25-14-13-22(31)16-23(25)32/h1-3,5-6,9-16,24,33,35H,4,7-8,17H2,(H,37,38)/b20-15+. The minimum atomic E-state index is -4.04. The van der Waals surface area contributed by atoms with Crippen LogP contribution in [0.25, 0.3) is 17.3 Å². The first-order valence-corrected chi connectivity index (χ1v) is 15.3. The predicted molar refractivity (Wildman–Crippen MR) is 162 cm³/mol. The van der Waals surface area contributed by atoms with E-state index in [-0.39, 0.29) is 22.8 Å². The van der Waals surface area contributed by atoms with E-state index in [0.717, 1.165) is 16.7 Å². The highest BCUT2D eigenvalue weighted by atomic mass is 35.5. The predicted octanol–water partition coefficient (Wildman–Crippen LogP) is 6.92. The van der Waals surface area contributed by atoms with Gasteiger partial charge in [-0.05, 0) is 72.4 Å². The summed E-state index contributed by atoms with van der Waals surface area (Å²) in [4.78, 5) is 12.5. The molecule has 0 saturated carbocycles. The first-order chi connectivity index (χ1) is 19.6. The van der Waals surface area contributed by atoms with Crippen molar-refractivity contribution < 1.29 is 18.3 Å². The van der Waals surface area contributed by atoms with Gasteiger partial charge in [-0.1, -0.05) is 77.3 Å². The van der Waals surface area contributed by atoms with Crippen LogP contribution in [-0.4, -0.2) is 29.3 Å². The molecular formula is C29H25Cl3N4O4S. The zero-order chi connectivity index (χ0) is 29.1. The molecule has 1 aromatic heterocycles. The Kier molecular flexibility index (Phi) is 8.84. The summed E-state index contributed by atoms with van der Waals surface area (Å²) in [6.45, 7) is 0.0723. The number of nitrogens with zero attached hydrogens (tertiary/aromatic N) is 2. The van der Waals surface area contributed by atoms with E-state index < -0.39 is 22.2 Å². The van der Waals surface area contributed by atoms with Crippen LogP contribution in [0.15, 0.2) is 72.8 Å². The molecular weight excluding hydrogens is 607 g/mol. The molecule has 1 unspecified atom stereocenters. The number of rotatable bonds is 8. The van der Waals surface area contributed by atoms with Gasteiger partial charge in [-0.25, -0.2) is 9.48 Å². The smallest absolute Gasteiger partial charge is 0.356 e. The number of halogens is 3. The third-order valence-corrected chi connectivity index (χ3v) is 8.58. The third-order valence-electron chi connectivity index (χ3n) is 6.67. The summed E-state index contributed by atoms with van der Waals surface area (Å²) in [5.74, 6) is -1.29. The second-order valence-corrected chi connectivity index (χ2v) is 12.3. The average molecular weight is 632 g/mol. The number of carbonyl (C=O) groups is 1. The second kappa shape index (κ2) is 12.4. The van der Waals surface area contributed by atoms with Gasteiger partial charge < -0.3 is 5.11 Å². The monoisotopic (exact) mass is 630 g/mol. The van der Waals surface area contributed by atoms with E-state index in [1.807, 2.05) is 48.5 Å². The van der Waals surface area contributed by atoms with Crippen LogP contribution in [0, 0.1) is 0 Å². The summed E-state index contributed by atoms with van der Waals surface area (Å²) < 4.78 is 33.1. The lowest BCUT2D eigenvalue weighted by Crippen LogP contribution is -2.39. The van der Waals surface area contributed by atoms with Crippen molar-refractivity contribution in [3.63, 3.8) is 0 Å². The highest BCUT2D eigenvalue weighted by Gasteiger charge is 2.35. The summed E-state index contributed by atoms with van der Waals surface area (Å²) >= 11 is 18.8. The fraction of sp³-hybridized carbons (Fsp3) is 0.172. The highest BCUT2D eigenvalue weighted by molar-refractivity contribution is 7.87. The molecule has 12 heteroatoms. The van der Waals surface area contributed by atoms with Gasteiger partial charge in [-0.15, -0.1) is 0 Å². The van der Waals surface area contributed by atoms with Gasteiger partial charge in [0, 0.05) is 22.2 Å². The van der Waals surface area contributed by atoms with Crippen molar-refractivity contribution in [2.24, 2.45) is 0 Å². The summed E-state index contributed by atoms with van der Waals surface area (Å²) in [7, 11) is -4.04. The molecule has 1 aliphatic rings. The Morgan fingerprint density at radius 2 is 1.73 bits per heavy atom. The lowest BCUT2D eigenvalue weighted by Gasteiger charge is -2.19. The van der Waals surface area contributed by atoms with Crippen LogP contribution in [0.1, 0.15) is 58.2 Å². The molecule has 0 fully saturated rings. The molecule has 4 aromatic rings. The molecule has 0 saturated heterocycles. The normalized spacial score (nSPS) is 16.4. The number of benzene rings is 3. The van der Waals surface area contributed by atoms with E-state index >= 15 is 0 Å². The minimum absolute atomic E-state index is 0.0723. The summed E-state index contributed by atoms with van der Waals surface area (Å²) in [6.07, 6.45) is 3.37. The van der Waals surface area contributed by atoms with Crippen LogP contribution in [0.3, 0.4) is 0 Å². The number of carboxylic acid groups (broad SMARTS) is 1. The zero-order valence-corrected chi connectivity index (χ0v) is 24.6. The fourth-order valence-electron chi connectivity index (χ4n) is 4.84. The zero-order valence-electron chi connectivity index (χ0n) is 21.5. The number of fused-ring (bicyclic) bond motifs is 1. The Bertz CT molecular complexity index is 1720. The van der Waals surface area contributed by atoms with Crippen molar-refractivity contribution in [2.75, 3.05) is 0 Å². The highest BCUT2D eigenvalue weighted by Crippen LogP contribution is 2.41. The maximum Gasteiger partial charge on any atom is 0.356 e. The number of hydrogen-bond acceptors (Lipinski definition) is 4. The Morgan fingerprint density at radius 1 is 1.02 bits per heavy atom. The van der Waals surface area contributed by atoms with Gasteiger partial charge >= 0.3 is 5.97 Å². The number of hydrogen-bond donors (Lipinski definition) is 3. The molecule has 1 atom stereocenters. The molecule has 0 aliphatic heterocycles. The van der Waals surface area contributed by atoms with Crippen molar-refractivity contribution in [2.45, 2.75) is 31.8 Å². The van der Waals surface area contributed by atoms with Gasteiger partial charge in [0.1, 0.15) is 0 Å². The Hall–Kier alpha value is -3.18. The molecule has 212 valence electrons. The molecule has 1 heterocycles. The number of aromatic carboxylic acids is 1. The molecule has 1 aliphatic carbocycles. The number of carboxylic acids is 1. The van der Waals surface area contributed by atoms with Crippen molar-refractivity contribution in [3.05, 3.63) is 116 Å². The van der Waals surface area contributed by atoms with Gasteiger partial charge in [-0.3, -0.25) is 0 Å². The van der Waals surface area contributed by atoms with Crippen molar-refractivity contribution in [1.82, 2.24) is 19.2 Å². The summed E-state index contributed by atoms with van der Waals surface area (Å²) in [6, 6.07) is 20.3. The molecule has 0 bridgehead atoms.